The predicted molar refractivity (Wildman–Crippen MR) is 64.4 cm³/mol. The summed E-state index contributed by atoms with van der Waals surface area (Å²) in [6, 6.07) is 0.395. The van der Waals surface area contributed by atoms with Crippen molar-refractivity contribution in [3.8, 4) is 0 Å². The Bertz CT molecular complexity index is 213. The van der Waals surface area contributed by atoms with E-state index in [1.807, 2.05) is 11.8 Å². The molecule has 0 saturated carbocycles. The second-order valence-electron chi connectivity index (χ2n) is 4.49. The second kappa shape index (κ2) is 5.75. The molecule has 3 nitrogen and oxygen atoms in total. The van der Waals surface area contributed by atoms with Gasteiger partial charge in [0, 0.05) is 36.1 Å². The number of carboxylic acid groups (broad SMARTS) is 1. The average molecular weight is 231 g/mol. The first kappa shape index (κ1) is 12.8. The van der Waals surface area contributed by atoms with E-state index < -0.39 is 5.97 Å². The molecule has 0 aromatic heterocycles. The zero-order valence-corrected chi connectivity index (χ0v) is 10.6. The van der Waals surface area contributed by atoms with Crippen molar-refractivity contribution >= 4 is 17.7 Å². The van der Waals surface area contributed by atoms with E-state index in [9.17, 15) is 4.79 Å². The van der Waals surface area contributed by atoms with Crippen molar-refractivity contribution in [2.75, 3.05) is 13.1 Å². The Morgan fingerprint density at radius 1 is 1.47 bits per heavy atom. The van der Waals surface area contributed by atoms with Gasteiger partial charge in [-0.05, 0) is 13.3 Å². The van der Waals surface area contributed by atoms with E-state index >= 15 is 0 Å². The van der Waals surface area contributed by atoms with Crippen molar-refractivity contribution in [2.24, 2.45) is 0 Å². The molecule has 1 rings (SSSR count). The monoisotopic (exact) mass is 231 g/mol. The molecule has 0 aliphatic carbocycles. The first-order valence-electron chi connectivity index (χ1n) is 5.60. The molecular weight excluding hydrogens is 210 g/mol. The van der Waals surface area contributed by atoms with Crippen molar-refractivity contribution in [3.63, 3.8) is 0 Å². The van der Waals surface area contributed by atoms with Crippen LogP contribution in [0, 0.1) is 0 Å². The van der Waals surface area contributed by atoms with Crippen LogP contribution in [0.1, 0.15) is 33.6 Å². The summed E-state index contributed by atoms with van der Waals surface area (Å²) < 4.78 is 0. The van der Waals surface area contributed by atoms with Crippen molar-refractivity contribution < 1.29 is 9.90 Å². The fourth-order valence-corrected chi connectivity index (χ4v) is 3.44. The molecule has 0 aromatic carbocycles. The van der Waals surface area contributed by atoms with Gasteiger partial charge in [0.05, 0.1) is 0 Å². The van der Waals surface area contributed by atoms with Crippen LogP contribution < -0.4 is 0 Å². The highest BCUT2D eigenvalue weighted by Crippen LogP contribution is 2.26. The lowest BCUT2D eigenvalue weighted by molar-refractivity contribution is -0.137. The largest absolute Gasteiger partial charge is 0.481 e. The molecule has 0 amide bonds. The smallest absolute Gasteiger partial charge is 0.303 e. The average Bonchev–Trinajstić information content (AvgIpc) is 2.12. The third-order valence-electron chi connectivity index (χ3n) is 2.85. The molecule has 0 spiro atoms. The van der Waals surface area contributed by atoms with E-state index in [-0.39, 0.29) is 6.42 Å². The molecule has 0 bridgehead atoms. The highest BCUT2D eigenvalue weighted by molar-refractivity contribution is 8.00. The summed E-state index contributed by atoms with van der Waals surface area (Å²) >= 11 is 2.03. The van der Waals surface area contributed by atoms with Gasteiger partial charge in [0.1, 0.15) is 0 Å². The quantitative estimate of drug-likeness (QED) is 0.804. The Morgan fingerprint density at radius 2 is 2.00 bits per heavy atom. The molecule has 4 heteroatoms. The van der Waals surface area contributed by atoms with Crippen LogP contribution in [-0.4, -0.2) is 45.6 Å². The van der Waals surface area contributed by atoms with Gasteiger partial charge in [0.2, 0.25) is 0 Å². The van der Waals surface area contributed by atoms with E-state index in [4.69, 9.17) is 5.11 Å². The van der Waals surface area contributed by atoms with Gasteiger partial charge in [0.15, 0.2) is 0 Å². The van der Waals surface area contributed by atoms with Crippen molar-refractivity contribution in [1.82, 2.24) is 4.90 Å². The Morgan fingerprint density at radius 3 is 2.47 bits per heavy atom. The first-order valence-corrected chi connectivity index (χ1v) is 6.54. The van der Waals surface area contributed by atoms with Gasteiger partial charge >= 0.3 is 5.97 Å². The van der Waals surface area contributed by atoms with Crippen LogP contribution in [0.2, 0.25) is 0 Å². The highest BCUT2D eigenvalue weighted by atomic mass is 32.2. The standard InChI is InChI=1S/C11H21NO2S/c1-8(4-5-11(13)14)12-6-9(2)15-10(3)7-12/h8-10H,4-7H2,1-3H3,(H,13,14). The third-order valence-corrected chi connectivity index (χ3v) is 4.07. The summed E-state index contributed by atoms with van der Waals surface area (Å²) in [7, 11) is 0. The maximum absolute atomic E-state index is 10.5. The Labute approximate surface area is 96.2 Å². The molecule has 15 heavy (non-hydrogen) atoms. The van der Waals surface area contributed by atoms with Gasteiger partial charge in [-0.3, -0.25) is 9.69 Å². The van der Waals surface area contributed by atoms with Crippen molar-refractivity contribution in [1.29, 1.82) is 0 Å². The molecule has 0 radical (unpaired) electrons. The van der Waals surface area contributed by atoms with Crippen LogP contribution in [0.5, 0.6) is 0 Å². The SMILES string of the molecule is CC1CN(C(C)CCC(=O)O)CC(C)S1. The number of hydrogen-bond acceptors (Lipinski definition) is 3. The first-order chi connectivity index (χ1) is 6.99. The maximum Gasteiger partial charge on any atom is 0.303 e. The van der Waals surface area contributed by atoms with Gasteiger partial charge in [-0.1, -0.05) is 13.8 Å². The fourth-order valence-electron chi connectivity index (χ4n) is 2.09. The summed E-state index contributed by atoms with van der Waals surface area (Å²) in [5.74, 6) is -0.686. The second-order valence-corrected chi connectivity index (χ2v) is 6.37. The number of nitrogens with zero attached hydrogens (tertiary/aromatic N) is 1. The zero-order valence-electron chi connectivity index (χ0n) is 9.77. The summed E-state index contributed by atoms with van der Waals surface area (Å²) in [6.07, 6.45) is 1.05. The molecule has 1 heterocycles. The van der Waals surface area contributed by atoms with Crippen LogP contribution in [0.4, 0.5) is 0 Å². The summed E-state index contributed by atoms with van der Waals surface area (Å²) in [4.78, 5) is 12.9. The van der Waals surface area contributed by atoms with Crippen LogP contribution >= 0.6 is 11.8 Å². The van der Waals surface area contributed by atoms with E-state index in [2.05, 4.69) is 25.7 Å². The molecule has 3 unspecified atom stereocenters. The fraction of sp³-hybridized carbons (Fsp3) is 0.909. The van der Waals surface area contributed by atoms with Crippen LogP contribution in [0.15, 0.2) is 0 Å². The molecule has 1 N–H and O–H groups in total. The van der Waals surface area contributed by atoms with Gasteiger partial charge in [0.25, 0.3) is 0 Å². The summed E-state index contributed by atoms with van der Waals surface area (Å²) in [5, 5.41) is 9.98. The molecule has 1 aliphatic rings. The van der Waals surface area contributed by atoms with Crippen molar-refractivity contribution in [3.05, 3.63) is 0 Å². The van der Waals surface area contributed by atoms with Crippen LogP contribution in [-0.2, 0) is 4.79 Å². The minimum atomic E-state index is -0.686. The molecule has 1 fully saturated rings. The number of aliphatic carboxylic acids is 1. The molecular formula is C11H21NO2S. The van der Waals surface area contributed by atoms with E-state index in [0.29, 0.717) is 16.5 Å². The van der Waals surface area contributed by atoms with Crippen LogP contribution in [0.25, 0.3) is 0 Å². The molecule has 0 aromatic rings. The van der Waals surface area contributed by atoms with Crippen molar-refractivity contribution in [2.45, 2.75) is 50.2 Å². The number of carbonyl (C=O) groups is 1. The number of carboxylic acids is 1. The molecule has 1 aliphatic heterocycles. The predicted octanol–water partition coefficient (Wildman–Crippen LogP) is 2.07. The minimum absolute atomic E-state index is 0.285. The Kier molecular flexibility index (Phi) is 4.93. The summed E-state index contributed by atoms with van der Waals surface area (Å²) in [6.45, 7) is 8.82. The molecule has 88 valence electrons. The maximum atomic E-state index is 10.5. The normalized spacial score (nSPS) is 30.1. The molecule has 1 saturated heterocycles. The third kappa shape index (κ3) is 4.43. The van der Waals surface area contributed by atoms with Crippen LogP contribution in [0.3, 0.4) is 0 Å². The van der Waals surface area contributed by atoms with Gasteiger partial charge < -0.3 is 5.11 Å². The Hall–Kier alpha value is -0.220. The van der Waals surface area contributed by atoms with Gasteiger partial charge in [-0.25, -0.2) is 0 Å². The van der Waals surface area contributed by atoms with Gasteiger partial charge in [-0.15, -0.1) is 0 Å². The number of rotatable bonds is 4. The van der Waals surface area contributed by atoms with E-state index in [0.717, 1.165) is 19.5 Å². The van der Waals surface area contributed by atoms with Gasteiger partial charge in [-0.2, -0.15) is 11.8 Å². The number of thioether (sulfide) groups is 1. The van der Waals surface area contributed by atoms with E-state index in [1.54, 1.807) is 0 Å². The lowest BCUT2D eigenvalue weighted by Gasteiger charge is -2.38. The van der Waals surface area contributed by atoms with E-state index in [1.165, 1.54) is 0 Å². The topological polar surface area (TPSA) is 40.5 Å². The lowest BCUT2D eigenvalue weighted by Crippen LogP contribution is -2.45. The number of hydrogen-bond donors (Lipinski definition) is 1. The lowest BCUT2D eigenvalue weighted by atomic mass is 10.1. The molecule has 3 atom stereocenters. The zero-order chi connectivity index (χ0) is 11.4. The highest BCUT2D eigenvalue weighted by Gasteiger charge is 2.25. The minimum Gasteiger partial charge on any atom is -0.481 e. The Balaban J connectivity index is 2.37. The summed E-state index contributed by atoms with van der Waals surface area (Å²) in [5.41, 5.74) is 0.